The zero-order valence-corrected chi connectivity index (χ0v) is 7.84. The summed E-state index contributed by atoms with van der Waals surface area (Å²) in [6.07, 6.45) is 5.14. The summed E-state index contributed by atoms with van der Waals surface area (Å²) in [6.45, 7) is 0.515. The minimum Gasteiger partial charge on any atom is -0.346 e. The SMILES string of the molecule is O=C1NCc2nn(-c3cccnc3)cc21. The van der Waals surface area contributed by atoms with Gasteiger partial charge in [-0.1, -0.05) is 0 Å². The van der Waals surface area contributed by atoms with Crippen LogP contribution in [0.5, 0.6) is 0 Å². The quantitative estimate of drug-likeness (QED) is 0.729. The molecule has 0 saturated carbocycles. The van der Waals surface area contributed by atoms with E-state index in [4.69, 9.17) is 0 Å². The molecule has 0 saturated heterocycles. The van der Waals surface area contributed by atoms with Crippen LogP contribution < -0.4 is 5.32 Å². The first-order valence-corrected chi connectivity index (χ1v) is 4.62. The van der Waals surface area contributed by atoms with Crippen molar-refractivity contribution in [1.82, 2.24) is 20.1 Å². The molecular formula is C10H8N4O. The minimum atomic E-state index is -0.0554. The number of nitrogens with zero attached hydrogens (tertiary/aromatic N) is 3. The second kappa shape index (κ2) is 2.91. The molecule has 3 rings (SSSR count). The second-order valence-corrected chi connectivity index (χ2v) is 3.33. The van der Waals surface area contributed by atoms with E-state index in [0.29, 0.717) is 12.1 Å². The van der Waals surface area contributed by atoms with Gasteiger partial charge >= 0.3 is 0 Å². The average molecular weight is 200 g/mol. The van der Waals surface area contributed by atoms with E-state index < -0.39 is 0 Å². The Bertz CT molecular complexity index is 517. The maximum Gasteiger partial charge on any atom is 0.255 e. The molecule has 2 aromatic rings. The lowest BCUT2D eigenvalue weighted by Gasteiger charge is -1.99. The molecule has 0 aromatic carbocycles. The molecule has 1 aliphatic rings. The van der Waals surface area contributed by atoms with Crippen molar-refractivity contribution < 1.29 is 4.79 Å². The summed E-state index contributed by atoms with van der Waals surface area (Å²) >= 11 is 0. The predicted octanol–water partition coefficient (Wildman–Crippen LogP) is 0.511. The number of fused-ring (bicyclic) bond motifs is 1. The molecule has 5 heteroatoms. The van der Waals surface area contributed by atoms with Gasteiger partial charge in [-0.2, -0.15) is 5.10 Å². The zero-order valence-electron chi connectivity index (χ0n) is 7.84. The molecular weight excluding hydrogens is 192 g/mol. The normalized spacial score (nSPS) is 13.7. The minimum absolute atomic E-state index is 0.0554. The molecule has 0 fully saturated rings. The summed E-state index contributed by atoms with van der Waals surface area (Å²) in [5, 5.41) is 7.02. The van der Waals surface area contributed by atoms with Gasteiger partial charge in [0.15, 0.2) is 0 Å². The Morgan fingerprint density at radius 1 is 1.47 bits per heavy atom. The molecule has 0 atom stereocenters. The number of aromatic nitrogens is 3. The molecule has 5 nitrogen and oxygen atoms in total. The first-order valence-electron chi connectivity index (χ1n) is 4.62. The molecule has 1 aliphatic heterocycles. The monoisotopic (exact) mass is 200 g/mol. The van der Waals surface area contributed by atoms with Gasteiger partial charge in [0.05, 0.1) is 29.7 Å². The summed E-state index contributed by atoms with van der Waals surface area (Å²) in [5.74, 6) is -0.0554. The largest absolute Gasteiger partial charge is 0.346 e. The zero-order chi connectivity index (χ0) is 10.3. The third-order valence-corrected chi connectivity index (χ3v) is 2.36. The number of carbonyl (C=O) groups excluding carboxylic acids is 1. The van der Waals surface area contributed by atoms with E-state index >= 15 is 0 Å². The van der Waals surface area contributed by atoms with E-state index in [1.807, 2.05) is 12.1 Å². The summed E-state index contributed by atoms with van der Waals surface area (Å²) in [4.78, 5) is 15.3. The van der Waals surface area contributed by atoms with E-state index in [-0.39, 0.29) is 5.91 Å². The Morgan fingerprint density at radius 2 is 2.40 bits per heavy atom. The van der Waals surface area contributed by atoms with Gasteiger partial charge in [0, 0.05) is 12.4 Å². The number of hydrogen-bond donors (Lipinski definition) is 1. The number of pyridine rings is 1. The lowest BCUT2D eigenvalue weighted by molar-refractivity contribution is 0.0965. The fourth-order valence-corrected chi connectivity index (χ4v) is 1.61. The van der Waals surface area contributed by atoms with Crippen LogP contribution in [0.3, 0.4) is 0 Å². The van der Waals surface area contributed by atoms with E-state index in [1.165, 1.54) is 0 Å². The summed E-state index contributed by atoms with van der Waals surface area (Å²) in [7, 11) is 0. The van der Waals surface area contributed by atoms with Crippen molar-refractivity contribution in [2.24, 2.45) is 0 Å². The van der Waals surface area contributed by atoms with Crippen molar-refractivity contribution in [3.63, 3.8) is 0 Å². The molecule has 3 heterocycles. The lowest BCUT2D eigenvalue weighted by atomic mass is 10.3. The van der Waals surface area contributed by atoms with Crippen molar-refractivity contribution in [1.29, 1.82) is 0 Å². The molecule has 15 heavy (non-hydrogen) atoms. The number of carbonyl (C=O) groups is 1. The number of amides is 1. The van der Waals surface area contributed by atoms with Gasteiger partial charge in [-0.15, -0.1) is 0 Å². The molecule has 0 spiro atoms. The maximum atomic E-state index is 11.3. The van der Waals surface area contributed by atoms with Gasteiger partial charge in [0.2, 0.25) is 0 Å². The first-order chi connectivity index (χ1) is 7.34. The Morgan fingerprint density at radius 3 is 3.13 bits per heavy atom. The standard InChI is InChI=1S/C10H8N4O/c15-10-8-6-14(13-9(8)5-12-10)7-2-1-3-11-4-7/h1-4,6H,5H2,(H,12,15). The molecule has 0 unspecified atom stereocenters. The Kier molecular flexibility index (Phi) is 1.58. The van der Waals surface area contributed by atoms with Gasteiger partial charge in [-0.25, -0.2) is 4.68 Å². The highest BCUT2D eigenvalue weighted by molar-refractivity contribution is 5.97. The maximum absolute atomic E-state index is 11.3. The second-order valence-electron chi connectivity index (χ2n) is 3.33. The van der Waals surface area contributed by atoms with Crippen LogP contribution in [-0.2, 0) is 6.54 Å². The van der Waals surface area contributed by atoms with E-state index in [9.17, 15) is 4.79 Å². The van der Waals surface area contributed by atoms with Gasteiger partial charge in [-0.3, -0.25) is 9.78 Å². The third-order valence-electron chi connectivity index (χ3n) is 2.36. The summed E-state index contributed by atoms with van der Waals surface area (Å²) in [5.41, 5.74) is 2.31. The first kappa shape index (κ1) is 8.16. The van der Waals surface area contributed by atoms with Gasteiger partial charge in [-0.05, 0) is 12.1 Å². The fourth-order valence-electron chi connectivity index (χ4n) is 1.61. The molecule has 0 aliphatic carbocycles. The van der Waals surface area contributed by atoms with Crippen LogP contribution in [0.15, 0.2) is 30.7 Å². The van der Waals surface area contributed by atoms with Gasteiger partial charge < -0.3 is 5.32 Å². The van der Waals surface area contributed by atoms with E-state index in [1.54, 1.807) is 23.3 Å². The highest BCUT2D eigenvalue weighted by Crippen LogP contribution is 2.15. The van der Waals surface area contributed by atoms with Gasteiger partial charge in [0.1, 0.15) is 0 Å². The number of rotatable bonds is 1. The smallest absolute Gasteiger partial charge is 0.255 e. The molecule has 1 N–H and O–H groups in total. The van der Waals surface area contributed by atoms with Crippen molar-refractivity contribution >= 4 is 5.91 Å². The van der Waals surface area contributed by atoms with Crippen LogP contribution in [0.2, 0.25) is 0 Å². The Labute approximate surface area is 85.8 Å². The van der Waals surface area contributed by atoms with Crippen molar-refractivity contribution in [3.05, 3.63) is 42.0 Å². The van der Waals surface area contributed by atoms with Crippen LogP contribution in [0.4, 0.5) is 0 Å². The highest BCUT2D eigenvalue weighted by atomic mass is 16.2. The lowest BCUT2D eigenvalue weighted by Crippen LogP contribution is -2.14. The van der Waals surface area contributed by atoms with E-state index in [2.05, 4.69) is 15.4 Å². The predicted molar refractivity (Wildman–Crippen MR) is 52.5 cm³/mol. The average Bonchev–Trinajstić information content (AvgIpc) is 2.83. The van der Waals surface area contributed by atoms with E-state index in [0.717, 1.165) is 11.4 Å². The Hall–Kier alpha value is -2.17. The molecule has 74 valence electrons. The third kappa shape index (κ3) is 1.20. The Balaban J connectivity index is 2.09. The summed E-state index contributed by atoms with van der Waals surface area (Å²) < 4.78 is 1.68. The van der Waals surface area contributed by atoms with Crippen LogP contribution >= 0.6 is 0 Å². The van der Waals surface area contributed by atoms with Crippen molar-refractivity contribution in [2.45, 2.75) is 6.54 Å². The fraction of sp³-hybridized carbons (Fsp3) is 0.100. The van der Waals surface area contributed by atoms with Crippen LogP contribution in [0, 0.1) is 0 Å². The molecule has 2 aromatic heterocycles. The topological polar surface area (TPSA) is 59.8 Å². The molecule has 0 bridgehead atoms. The summed E-state index contributed by atoms with van der Waals surface area (Å²) in [6, 6.07) is 3.73. The van der Waals surface area contributed by atoms with Crippen LogP contribution in [-0.4, -0.2) is 20.7 Å². The molecule has 1 amide bonds. The number of hydrogen-bond acceptors (Lipinski definition) is 3. The number of nitrogens with one attached hydrogen (secondary N) is 1. The van der Waals surface area contributed by atoms with Crippen LogP contribution in [0.1, 0.15) is 16.1 Å². The van der Waals surface area contributed by atoms with Crippen molar-refractivity contribution in [2.75, 3.05) is 0 Å². The van der Waals surface area contributed by atoms with Crippen molar-refractivity contribution in [3.8, 4) is 5.69 Å². The highest BCUT2D eigenvalue weighted by Gasteiger charge is 2.22. The van der Waals surface area contributed by atoms with Gasteiger partial charge in [0.25, 0.3) is 5.91 Å². The van der Waals surface area contributed by atoms with Crippen LogP contribution in [0.25, 0.3) is 5.69 Å². The molecule has 0 radical (unpaired) electrons.